The number of aryl methyl sites for hydroxylation is 1. The summed E-state index contributed by atoms with van der Waals surface area (Å²) in [7, 11) is -3.14. The minimum Gasteiger partial charge on any atom is -0.357 e. The van der Waals surface area contributed by atoms with Gasteiger partial charge in [0.15, 0.2) is 15.8 Å². The zero-order valence-corrected chi connectivity index (χ0v) is 17.3. The summed E-state index contributed by atoms with van der Waals surface area (Å²) in [4.78, 5) is 7.06. The normalized spacial score (nSPS) is 14.5. The molecule has 138 valence electrons. The van der Waals surface area contributed by atoms with Gasteiger partial charge in [-0.2, -0.15) is 0 Å². The number of nitrogens with one attached hydrogen (secondary N) is 2. The van der Waals surface area contributed by atoms with Crippen molar-refractivity contribution < 1.29 is 8.42 Å². The van der Waals surface area contributed by atoms with Crippen molar-refractivity contribution in [3.63, 3.8) is 0 Å². The van der Waals surface area contributed by atoms with Crippen LogP contribution in [-0.2, 0) is 16.3 Å². The molecule has 2 N–H and O–H groups in total. The van der Waals surface area contributed by atoms with Crippen molar-refractivity contribution in [2.45, 2.75) is 58.8 Å². The van der Waals surface area contributed by atoms with Gasteiger partial charge in [-0.05, 0) is 53.7 Å². The average Bonchev–Trinajstić information content (AvgIpc) is 2.82. The van der Waals surface area contributed by atoms with Gasteiger partial charge in [0.05, 0.1) is 17.0 Å². The van der Waals surface area contributed by atoms with Crippen molar-refractivity contribution in [2.75, 3.05) is 18.8 Å². The Labute approximate surface area is 150 Å². The molecule has 0 aromatic carbocycles. The second kappa shape index (κ2) is 8.85. The quantitative estimate of drug-likeness (QED) is 0.569. The fraction of sp³-hybridized carbons (Fsp3) is 0.706. The van der Waals surface area contributed by atoms with Crippen LogP contribution in [0.25, 0.3) is 0 Å². The lowest BCUT2D eigenvalue weighted by atomic mass is 10.2. The summed E-state index contributed by atoms with van der Waals surface area (Å²) >= 11 is 1.80. The number of guanidine groups is 1. The molecule has 0 saturated heterocycles. The molecule has 1 rings (SSSR count). The standard InChI is InChI=1S/C17H31N3O2S2/c1-7-18-16(19-10-11-24(21,22)17(4,5)6)20-13(2)12-15-9-8-14(3)23-15/h8-9,13H,7,10-12H2,1-6H3,(H2,18,19,20). The molecular weight excluding hydrogens is 342 g/mol. The van der Waals surface area contributed by atoms with Crippen LogP contribution in [0.4, 0.5) is 0 Å². The van der Waals surface area contributed by atoms with E-state index in [9.17, 15) is 8.42 Å². The van der Waals surface area contributed by atoms with E-state index in [1.807, 2.05) is 6.92 Å². The highest BCUT2D eigenvalue weighted by Gasteiger charge is 2.28. The smallest absolute Gasteiger partial charge is 0.191 e. The van der Waals surface area contributed by atoms with Gasteiger partial charge in [0.25, 0.3) is 0 Å². The van der Waals surface area contributed by atoms with Crippen LogP contribution in [0.1, 0.15) is 44.4 Å². The Bertz CT molecular complexity index is 643. The van der Waals surface area contributed by atoms with Gasteiger partial charge >= 0.3 is 0 Å². The molecule has 1 aromatic heterocycles. The molecule has 24 heavy (non-hydrogen) atoms. The molecule has 1 heterocycles. The highest BCUT2D eigenvalue weighted by molar-refractivity contribution is 7.92. The number of aliphatic imine (C=N–C) groups is 1. The van der Waals surface area contributed by atoms with Gasteiger partial charge in [0.2, 0.25) is 0 Å². The van der Waals surface area contributed by atoms with Gasteiger partial charge in [0.1, 0.15) is 0 Å². The van der Waals surface area contributed by atoms with Gasteiger partial charge < -0.3 is 10.6 Å². The monoisotopic (exact) mass is 373 g/mol. The predicted octanol–water partition coefficient (Wildman–Crippen LogP) is 2.76. The van der Waals surface area contributed by atoms with Crippen LogP contribution in [0.3, 0.4) is 0 Å². The van der Waals surface area contributed by atoms with Crippen molar-refractivity contribution in [2.24, 2.45) is 4.99 Å². The van der Waals surface area contributed by atoms with E-state index in [2.05, 4.69) is 41.6 Å². The van der Waals surface area contributed by atoms with E-state index in [1.165, 1.54) is 9.75 Å². The zero-order valence-electron chi connectivity index (χ0n) is 15.6. The first-order valence-electron chi connectivity index (χ1n) is 8.37. The third kappa shape index (κ3) is 6.81. The highest BCUT2D eigenvalue weighted by Crippen LogP contribution is 2.17. The summed E-state index contributed by atoms with van der Waals surface area (Å²) in [5.41, 5.74) is 0. The summed E-state index contributed by atoms with van der Waals surface area (Å²) in [5, 5.41) is 6.53. The molecule has 0 radical (unpaired) electrons. The fourth-order valence-corrected chi connectivity index (χ4v) is 4.05. The van der Waals surface area contributed by atoms with Crippen molar-refractivity contribution in [1.82, 2.24) is 10.6 Å². The summed E-state index contributed by atoms with van der Waals surface area (Å²) < 4.78 is 23.6. The summed E-state index contributed by atoms with van der Waals surface area (Å²) in [6.45, 7) is 12.4. The molecule has 0 fully saturated rings. The van der Waals surface area contributed by atoms with Crippen molar-refractivity contribution >= 4 is 27.1 Å². The van der Waals surface area contributed by atoms with Crippen molar-refractivity contribution in [3.8, 4) is 0 Å². The minimum atomic E-state index is -3.14. The SMILES string of the molecule is CCNC(=NCCS(=O)(=O)C(C)(C)C)NC(C)Cc1ccc(C)s1. The van der Waals surface area contributed by atoms with E-state index in [4.69, 9.17) is 0 Å². The van der Waals surface area contributed by atoms with E-state index in [0.717, 1.165) is 13.0 Å². The lowest BCUT2D eigenvalue weighted by molar-refractivity contribution is 0.560. The van der Waals surface area contributed by atoms with Crippen LogP contribution in [0.5, 0.6) is 0 Å². The summed E-state index contributed by atoms with van der Waals surface area (Å²) in [6.07, 6.45) is 0.920. The van der Waals surface area contributed by atoms with E-state index < -0.39 is 14.6 Å². The van der Waals surface area contributed by atoms with Crippen molar-refractivity contribution in [3.05, 3.63) is 21.9 Å². The molecular formula is C17H31N3O2S2. The van der Waals surface area contributed by atoms with Crippen LogP contribution in [0.2, 0.25) is 0 Å². The van der Waals surface area contributed by atoms with Gasteiger partial charge in [-0.15, -0.1) is 11.3 Å². The third-order valence-corrected chi connectivity index (χ3v) is 7.20. The molecule has 1 unspecified atom stereocenters. The minimum absolute atomic E-state index is 0.0611. The van der Waals surface area contributed by atoms with Crippen LogP contribution in [-0.4, -0.2) is 44.0 Å². The zero-order chi connectivity index (χ0) is 18.4. The van der Waals surface area contributed by atoms with Crippen LogP contribution >= 0.6 is 11.3 Å². The number of nitrogens with zero attached hydrogens (tertiary/aromatic N) is 1. The number of thiophene rings is 1. The first-order chi connectivity index (χ1) is 11.0. The maximum atomic E-state index is 12.1. The molecule has 1 atom stereocenters. The molecule has 0 spiro atoms. The lowest BCUT2D eigenvalue weighted by Crippen LogP contribution is -2.43. The molecule has 5 nitrogen and oxygen atoms in total. The maximum Gasteiger partial charge on any atom is 0.191 e. The molecule has 0 aliphatic carbocycles. The molecule has 0 aliphatic rings. The van der Waals surface area contributed by atoms with E-state index in [0.29, 0.717) is 5.96 Å². The number of hydrogen-bond donors (Lipinski definition) is 2. The molecule has 7 heteroatoms. The number of hydrogen-bond acceptors (Lipinski definition) is 4. The van der Waals surface area contributed by atoms with Crippen LogP contribution in [0, 0.1) is 6.92 Å². The Hall–Kier alpha value is -1.08. The summed E-state index contributed by atoms with van der Waals surface area (Å²) in [6, 6.07) is 4.50. The maximum absolute atomic E-state index is 12.1. The molecule has 0 saturated carbocycles. The van der Waals surface area contributed by atoms with Crippen LogP contribution in [0.15, 0.2) is 17.1 Å². The molecule has 1 aromatic rings. The average molecular weight is 374 g/mol. The van der Waals surface area contributed by atoms with E-state index in [1.54, 1.807) is 32.1 Å². The van der Waals surface area contributed by atoms with E-state index >= 15 is 0 Å². The molecule has 0 bridgehead atoms. The number of rotatable bonds is 7. The number of sulfone groups is 1. The van der Waals surface area contributed by atoms with Gasteiger partial charge in [-0.25, -0.2) is 8.42 Å². The van der Waals surface area contributed by atoms with Crippen molar-refractivity contribution in [1.29, 1.82) is 0 Å². The first kappa shape index (κ1) is 21.0. The first-order valence-corrected chi connectivity index (χ1v) is 10.8. The fourth-order valence-electron chi connectivity index (χ4n) is 2.08. The Morgan fingerprint density at radius 3 is 2.50 bits per heavy atom. The predicted molar refractivity (Wildman–Crippen MR) is 105 cm³/mol. The van der Waals surface area contributed by atoms with Gasteiger partial charge in [-0.3, -0.25) is 4.99 Å². The van der Waals surface area contributed by atoms with Gasteiger partial charge in [0, 0.05) is 28.8 Å². The second-order valence-electron chi connectivity index (χ2n) is 6.95. The molecule has 0 aliphatic heterocycles. The van der Waals surface area contributed by atoms with Crippen LogP contribution < -0.4 is 10.6 Å². The third-order valence-electron chi connectivity index (χ3n) is 3.59. The Morgan fingerprint density at radius 1 is 1.33 bits per heavy atom. The van der Waals surface area contributed by atoms with Gasteiger partial charge in [-0.1, -0.05) is 0 Å². The Morgan fingerprint density at radius 2 is 2.00 bits per heavy atom. The Balaban J connectivity index is 2.62. The lowest BCUT2D eigenvalue weighted by Gasteiger charge is -2.19. The molecule has 0 amide bonds. The highest BCUT2D eigenvalue weighted by atomic mass is 32.2. The second-order valence-corrected chi connectivity index (χ2v) is 11.2. The van der Waals surface area contributed by atoms with E-state index in [-0.39, 0.29) is 18.3 Å². The largest absolute Gasteiger partial charge is 0.357 e. The topological polar surface area (TPSA) is 70.6 Å². The Kier molecular flexibility index (Phi) is 7.73. The summed E-state index contributed by atoms with van der Waals surface area (Å²) in [5.74, 6) is 0.730.